The SMILES string of the molecule is CC(C)NC(=NCC1CCS(=O)(=O)C1)NC1CC(C)(C)Oc2ccccc21.I. The Hall–Kier alpha value is -1.03. The monoisotopic (exact) mass is 521 g/mol. The van der Waals surface area contributed by atoms with E-state index in [0.29, 0.717) is 13.0 Å². The summed E-state index contributed by atoms with van der Waals surface area (Å²) in [6.07, 6.45) is 1.52. The predicted octanol–water partition coefficient (Wildman–Crippen LogP) is 3.29. The van der Waals surface area contributed by atoms with Crippen LogP contribution in [0.1, 0.15) is 52.1 Å². The average Bonchev–Trinajstić information content (AvgIpc) is 2.90. The number of para-hydroxylation sites is 1. The van der Waals surface area contributed by atoms with Crippen LogP contribution in [-0.4, -0.2) is 44.1 Å². The van der Waals surface area contributed by atoms with Gasteiger partial charge in [0.15, 0.2) is 15.8 Å². The number of nitrogens with one attached hydrogen (secondary N) is 2. The third kappa shape index (κ3) is 6.23. The smallest absolute Gasteiger partial charge is 0.191 e. The van der Waals surface area contributed by atoms with E-state index < -0.39 is 9.84 Å². The third-order valence-electron chi connectivity index (χ3n) is 4.95. The van der Waals surface area contributed by atoms with E-state index in [9.17, 15) is 8.42 Å². The molecule has 1 aromatic carbocycles. The van der Waals surface area contributed by atoms with Crippen molar-refractivity contribution >= 4 is 39.8 Å². The van der Waals surface area contributed by atoms with Crippen molar-refractivity contribution in [1.29, 1.82) is 0 Å². The maximum atomic E-state index is 11.7. The lowest BCUT2D eigenvalue weighted by atomic mass is 9.90. The third-order valence-corrected chi connectivity index (χ3v) is 6.78. The van der Waals surface area contributed by atoms with Gasteiger partial charge in [-0.15, -0.1) is 24.0 Å². The summed E-state index contributed by atoms with van der Waals surface area (Å²) < 4.78 is 29.5. The molecule has 158 valence electrons. The van der Waals surface area contributed by atoms with Gasteiger partial charge in [-0.05, 0) is 46.1 Å². The highest BCUT2D eigenvalue weighted by atomic mass is 127. The molecule has 1 fully saturated rings. The molecule has 0 amide bonds. The van der Waals surface area contributed by atoms with Gasteiger partial charge in [0.1, 0.15) is 11.4 Å². The number of aliphatic imine (C=N–C) groups is 1. The molecular formula is C20H32IN3O3S. The molecule has 2 aliphatic rings. The summed E-state index contributed by atoms with van der Waals surface area (Å²) >= 11 is 0. The van der Waals surface area contributed by atoms with Crippen LogP contribution in [0.4, 0.5) is 0 Å². The largest absolute Gasteiger partial charge is 0.487 e. The van der Waals surface area contributed by atoms with Gasteiger partial charge in [-0.1, -0.05) is 18.2 Å². The molecule has 2 unspecified atom stereocenters. The standard InChI is InChI=1S/C20H31N3O3S.HI/c1-14(2)22-19(21-12-15-9-10-27(24,25)13-15)23-17-11-20(3,4)26-18-8-6-5-7-16(17)18;/h5-8,14-15,17H,9-13H2,1-4H3,(H2,21,22,23);1H. The van der Waals surface area contributed by atoms with Crippen LogP contribution in [0, 0.1) is 5.92 Å². The molecule has 2 heterocycles. The molecule has 1 aromatic rings. The number of hydrogen-bond acceptors (Lipinski definition) is 4. The van der Waals surface area contributed by atoms with Gasteiger partial charge in [-0.3, -0.25) is 4.99 Å². The highest BCUT2D eigenvalue weighted by molar-refractivity contribution is 14.0. The van der Waals surface area contributed by atoms with Gasteiger partial charge < -0.3 is 15.4 Å². The van der Waals surface area contributed by atoms with Crippen molar-refractivity contribution in [2.24, 2.45) is 10.9 Å². The Bertz CT molecular complexity index is 809. The Balaban J connectivity index is 0.00000280. The fourth-order valence-corrected chi connectivity index (χ4v) is 5.59. The Morgan fingerprint density at radius 2 is 2.04 bits per heavy atom. The van der Waals surface area contributed by atoms with E-state index >= 15 is 0 Å². The van der Waals surface area contributed by atoms with E-state index in [-0.39, 0.29) is 59.1 Å². The molecule has 0 radical (unpaired) electrons. The molecule has 6 nitrogen and oxygen atoms in total. The van der Waals surface area contributed by atoms with Crippen LogP contribution < -0.4 is 15.4 Å². The number of rotatable bonds is 4. The van der Waals surface area contributed by atoms with Gasteiger partial charge >= 0.3 is 0 Å². The van der Waals surface area contributed by atoms with Crippen LogP contribution in [0.25, 0.3) is 0 Å². The zero-order valence-corrected chi connectivity index (χ0v) is 20.2. The normalized spacial score (nSPS) is 25.4. The number of nitrogens with zero attached hydrogens (tertiary/aromatic N) is 1. The molecule has 0 spiro atoms. The molecule has 3 rings (SSSR count). The Kier molecular flexibility index (Phi) is 7.63. The van der Waals surface area contributed by atoms with E-state index in [1.54, 1.807) is 0 Å². The van der Waals surface area contributed by atoms with Crippen molar-refractivity contribution in [1.82, 2.24) is 10.6 Å². The molecule has 0 aliphatic carbocycles. The fourth-order valence-electron chi connectivity index (χ4n) is 3.74. The van der Waals surface area contributed by atoms with Crippen molar-refractivity contribution in [2.45, 2.75) is 58.2 Å². The minimum atomic E-state index is -2.88. The maximum absolute atomic E-state index is 11.7. The number of ether oxygens (including phenoxy) is 1. The molecule has 2 N–H and O–H groups in total. The fraction of sp³-hybridized carbons (Fsp3) is 0.650. The van der Waals surface area contributed by atoms with Crippen LogP contribution in [-0.2, 0) is 9.84 Å². The number of benzene rings is 1. The minimum Gasteiger partial charge on any atom is -0.487 e. The topological polar surface area (TPSA) is 79.8 Å². The van der Waals surface area contributed by atoms with Gasteiger partial charge in [0.05, 0.1) is 17.5 Å². The first-order valence-electron chi connectivity index (χ1n) is 9.69. The first kappa shape index (κ1) is 23.3. The van der Waals surface area contributed by atoms with Crippen molar-refractivity contribution in [2.75, 3.05) is 18.1 Å². The number of fused-ring (bicyclic) bond motifs is 1. The lowest BCUT2D eigenvalue weighted by molar-refractivity contribution is 0.0694. The Labute approximate surface area is 185 Å². The highest BCUT2D eigenvalue weighted by Gasteiger charge is 2.34. The van der Waals surface area contributed by atoms with Gasteiger partial charge in [0.2, 0.25) is 0 Å². The molecule has 8 heteroatoms. The van der Waals surface area contributed by atoms with Crippen LogP contribution in [0.3, 0.4) is 0 Å². The summed E-state index contributed by atoms with van der Waals surface area (Å²) in [6.45, 7) is 8.84. The van der Waals surface area contributed by atoms with E-state index in [0.717, 1.165) is 23.7 Å². The zero-order chi connectivity index (χ0) is 19.7. The zero-order valence-electron chi connectivity index (χ0n) is 17.1. The van der Waals surface area contributed by atoms with Crippen LogP contribution in [0.5, 0.6) is 5.75 Å². The predicted molar refractivity (Wildman–Crippen MR) is 124 cm³/mol. The van der Waals surface area contributed by atoms with Crippen molar-refractivity contribution in [3.05, 3.63) is 29.8 Å². The van der Waals surface area contributed by atoms with Crippen molar-refractivity contribution in [3.8, 4) is 5.75 Å². The minimum absolute atomic E-state index is 0. The van der Waals surface area contributed by atoms with Gasteiger partial charge in [0.25, 0.3) is 0 Å². The number of halogens is 1. The summed E-state index contributed by atoms with van der Waals surface area (Å²) in [4.78, 5) is 4.72. The molecule has 0 aromatic heterocycles. The summed E-state index contributed by atoms with van der Waals surface area (Å²) in [5.41, 5.74) is 0.854. The quantitative estimate of drug-likeness (QED) is 0.361. The van der Waals surface area contributed by atoms with Gasteiger partial charge in [0, 0.05) is 24.6 Å². The Morgan fingerprint density at radius 3 is 2.68 bits per heavy atom. The first-order valence-corrected chi connectivity index (χ1v) is 11.5. The summed E-state index contributed by atoms with van der Waals surface area (Å²) in [5.74, 6) is 2.27. The van der Waals surface area contributed by atoms with Crippen molar-refractivity contribution in [3.63, 3.8) is 0 Å². The van der Waals surface area contributed by atoms with E-state index in [4.69, 9.17) is 9.73 Å². The van der Waals surface area contributed by atoms with E-state index in [2.05, 4.69) is 44.4 Å². The van der Waals surface area contributed by atoms with Crippen LogP contribution in [0.2, 0.25) is 0 Å². The first-order chi connectivity index (χ1) is 12.6. The molecular weight excluding hydrogens is 489 g/mol. The number of sulfone groups is 1. The van der Waals surface area contributed by atoms with Gasteiger partial charge in [-0.25, -0.2) is 8.42 Å². The van der Waals surface area contributed by atoms with Gasteiger partial charge in [-0.2, -0.15) is 0 Å². The van der Waals surface area contributed by atoms with E-state index in [1.165, 1.54) is 0 Å². The second-order valence-corrected chi connectivity index (χ2v) is 10.8. The second kappa shape index (κ2) is 9.19. The summed E-state index contributed by atoms with van der Waals surface area (Å²) in [7, 11) is -2.88. The lowest BCUT2D eigenvalue weighted by Crippen LogP contribution is -2.47. The summed E-state index contributed by atoms with van der Waals surface area (Å²) in [6, 6.07) is 8.40. The Morgan fingerprint density at radius 1 is 1.32 bits per heavy atom. The van der Waals surface area contributed by atoms with Crippen LogP contribution in [0.15, 0.2) is 29.3 Å². The molecule has 0 bridgehead atoms. The highest BCUT2D eigenvalue weighted by Crippen LogP contribution is 2.39. The van der Waals surface area contributed by atoms with Crippen molar-refractivity contribution < 1.29 is 13.2 Å². The molecule has 2 aliphatic heterocycles. The molecule has 1 saturated heterocycles. The second-order valence-electron chi connectivity index (χ2n) is 8.56. The molecule has 28 heavy (non-hydrogen) atoms. The van der Waals surface area contributed by atoms with Crippen LogP contribution >= 0.6 is 24.0 Å². The summed E-state index contributed by atoms with van der Waals surface area (Å²) in [5, 5.41) is 6.93. The lowest BCUT2D eigenvalue weighted by Gasteiger charge is -2.38. The number of hydrogen-bond donors (Lipinski definition) is 2. The maximum Gasteiger partial charge on any atom is 0.191 e. The number of guanidine groups is 1. The molecule has 2 atom stereocenters. The molecule has 0 saturated carbocycles. The van der Waals surface area contributed by atoms with E-state index in [1.807, 2.05) is 18.2 Å². The average molecular weight is 521 g/mol.